The lowest BCUT2D eigenvalue weighted by Gasteiger charge is -2.27. The van der Waals surface area contributed by atoms with E-state index in [0.717, 1.165) is 11.1 Å². The van der Waals surface area contributed by atoms with Crippen LogP contribution in [0, 0.1) is 6.92 Å². The van der Waals surface area contributed by atoms with Crippen LogP contribution in [-0.4, -0.2) is 43.0 Å². The number of nitrogens with two attached hydrogens (primary N) is 1. The van der Waals surface area contributed by atoms with E-state index in [-0.39, 0.29) is 22.5 Å². The first kappa shape index (κ1) is 14.2. The van der Waals surface area contributed by atoms with E-state index < -0.39 is 9.84 Å². The third kappa shape index (κ3) is 2.87. The van der Waals surface area contributed by atoms with Crippen LogP contribution in [0.5, 0.6) is 0 Å². The van der Waals surface area contributed by atoms with Crippen molar-refractivity contribution in [2.45, 2.75) is 19.4 Å². The van der Waals surface area contributed by atoms with Gasteiger partial charge >= 0.3 is 0 Å². The van der Waals surface area contributed by atoms with E-state index in [1.807, 2.05) is 24.9 Å². The average Bonchev–Trinajstić information content (AvgIpc) is 2.68. The Morgan fingerprint density at radius 1 is 1.58 bits per heavy atom. The summed E-state index contributed by atoms with van der Waals surface area (Å²) in [7, 11) is -1.08. The van der Waals surface area contributed by atoms with E-state index in [1.54, 1.807) is 6.20 Å². The molecule has 0 saturated carbocycles. The van der Waals surface area contributed by atoms with E-state index in [9.17, 15) is 8.42 Å². The van der Waals surface area contributed by atoms with Crippen LogP contribution in [0.4, 0.5) is 5.82 Å². The summed E-state index contributed by atoms with van der Waals surface area (Å²) < 4.78 is 23.1. The molecule has 5 nitrogen and oxygen atoms in total. The summed E-state index contributed by atoms with van der Waals surface area (Å²) in [6, 6.07) is 1.78. The number of thiocarbonyl (C=S) groups is 1. The smallest absolute Gasteiger partial charge is 0.152 e. The monoisotopic (exact) mass is 299 g/mol. The van der Waals surface area contributed by atoms with Crippen molar-refractivity contribution in [2.75, 3.05) is 23.5 Å². The highest BCUT2D eigenvalue weighted by atomic mass is 32.2. The maximum absolute atomic E-state index is 11.6. The molecule has 0 spiro atoms. The Balaban J connectivity index is 2.37. The van der Waals surface area contributed by atoms with Gasteiger partial charge < -0.3 is 10.6 Å². The molecule has 7 heteroatoms. The topological polar surface area (TPSA) is 76.3 Å². The lowest BCUT2D eigenvalue weighted by molar-refractivity contribution is 0.600. The molecule has 0 aliphatic carbocycles. The summed E-state index contributed by atoms with van der Waals surface area (Å²) in [5, 5.41) is 0. The normalized spacial score (nSPS) is 21.3. The van der Waals surface area contributed by atoms with Crippen molar-refractivity contribution in [3.63, 3.8) is 0 Å². The lowest BCUT2D eigenvalue weighted by atomic mass is 10.1. The van der Waals surface area contributed by atoms with Crippen molar-refractivity contribution < 1.29 is 8.42 Å². The van der Waals surface area contributed by atoms with Gasteiger partial charge in [0, 0.05) is 19.3 Å². The Bertz CT molecular complexity index is 613. The molecule has 1 aromatic heterocycles. The van der Waals surface area contributed by atoms with Gasteiger partial charge in [0.05, 0.1) is 17.1 Å². The van der Waals surface area contributed by atoms with Gasteiger partial charge in [-0.15, -0.1) is 0 Å². The maximum Gasteiger partial charge on any atom is 0.152 e. The minimum absolute atomic E-state index is 0.0626. The molecule has 2 heterocycles. The zero-order chi connectivity index (χ0) is 14.2. The number of hydrogen-bond donors (Lipinski definition) is 1. The summed E-state index contributed by atoms with van der Waals surface area (Å²) in [5.74, 6) is 1.06. The molecule has 1 saturated heterocycles. The SMILES string of the molecule is Cc1ccnc(N(C)C2CCS(=O)(=O)C2)c1C(N)=S. The van der Waals surface area contributed by atoms with Gasteiger partial charge in [0.1, 0.15) is 10.8 Å². The van der Waals surface area contributed by atoms with Crippen LogP contribution in [0.3, 0.4) is 0 Å². The van der Waals surface area contributed by atoms with Crippen LogP contribution in [0.2, 0.25) is 0 Å². The van der Waals surface area contributed by atoms with Crippen LogP contribution in [0.15, 0.2) is 12.3 Å². The first-order chi connectivity index (χ1) is 8.82. The molecule has 1 atom stereocenters. The Kier molecular flexibility index (Phi) is 3.78. The number of hydrogen-bond acceptors (Lipinski definition) is 5. The molecule has 2 rings (SSSR count). The quantitative estimate of drug-likeness (QED) is 0.826. The molecule has 0 amide bonds. The third-order valence-corrected chi connectivity index (χ3v) is 5.43. The molecule has 1 aliphatic rings. The lowest BCUT2D eigenvalue weighted by Crippen LogP contribution is -2.35. The predicted octanol–water partition coefficient (Wildman–Crippen LogP) is 0.648. The van der Waals surface area contributed by atoms with Crippen LogP contribution in [0.1, 0.15) is 17.5 Å². The first-order valence-corrected chi connectivity index (χ1v) is 8.23. The molecular weight excluding hydrogens is 282 g/mol. The molecule has 0 bridgehead atoms. The van der Waals surface area contributed by atoms with E-state index in [1.165, 1.54) is 0 Å². The van der Waals surface area contributed by atoms with E-state index in [4.69, 9.17) is 18.0 Å². The minimum Gasteiger partial charge on any atom is -0.389 e. The Morgan fingerprint density at radius 3 is 2.79 bits per heavy atom. The van der Waals surface area contributed by atoms with Gasteiger partial charge in [-0.1, -0.05) is 12.2 Å². The van der Waals surface area contributed by atoms with E-state index in [0.29, 0.717) is 12.2 Å². The molecule has 2 N–H and O–H groups in total. The fourth-order valence-corrected chi connectivity index (χ4v) is 4.40. The second-order valence-electron chi connectivity index (χ2n) is 4.86. The van der Waals surface area contributed by atoms with E-state index in [2.05, 4.69) is 4.98 Å². The van der Waals surface area contributed by atoms with Crippen LogP contribution in [-0.2, 0) is 9.84 Å². The highest BCUT2D eigenvalue weighted by Gasteiger charge is 2.32. The van der Waals surface area contributed by atoms with Gasteiger partial charge in [-0.2, -0.15) is 0 Å². The Labute approximate surface area is 118 Å². The van der Waals surface area contributed by atoms with Crippen molar-refractivity contribution in [1.29, 1.82) is 0 Å². The molecule has 1 aromatic rings. The average molecular weight is 299 g/mol. The van der Waals surface area contributed by atoms with Gasteiger partial charge in [0.15, 0.2) is 9.84 Å². The number of aryl methyl sites for hydroxylation is 1. The zero-order valence-corrected chi connectivity index (χ0v) is 12.6. The maximum atomic E-state index is 11.6. The van der Waals surface area contributed by atoms with Gasteiger partial charge in [-0.25, -0.2) is 13.4 Å². The summed E-state index contributed by atoms with van der Waals surface area (Å²) in [6.45, 7) is 1.92. The third-order valence-electron chi connectivity index (χ3n) is 3.48. The summed E-state index contributed by atoms with van der Waals surface area (Å²) in [5.41, 5.74) is 7.43. The summed E-state index contributed by atoms with van der Waals surface area (Å²) in [4.78, 5) is 6.48. The van der Waals surface area contributed by atoms with E-state index >= 15 is 0 Å². The largest absolute Gasteiger partial charge is 0.389 e. The fourth-order valence-electron chi connectivity index (χ4n) is 2.37. The highest BCUT2D eigenvalue weighted by Crippen LogP contribution is 2.25. The predicted molar refractivity (Wildman–Crippen MR) is 80.3 cm³/mol. The van der Waals surface area contributed by atoms with Crippen molar-refractivity contribution in [1.82, 2.24) is 4.98 Å². The number of anilines is 1. The fraction of sp³-hybridized carbons (Fsp3) is 0.500. The number of nitrogens with zero attached hydrogens (tertiary/aromatic N) is 2. The highest BCUT2D eigenvalue weighted by molar-refractivity contribution is 7.91. The summed E-state index contributed by atoms with van der Waals surface area (Å²) >= 11 is 5.07. The van der Waals surface area contributed by atoms with Crippen molar-refractivity contribution >= 4 is 32.9 Å². The Hall–Kier alpha value is -1.21. The minimum atomic E-state index is -2.93. The first-order valence-electron chi connectivity index (χ1n) is 6.00. The molecule has 19 heavy (non-hydrogen) atoms. The molecule has 104 valence electrons. The van der Waals surface area contributed by atoms with Gasteiger partial charge in [-0.05, 0) is 25.0 Å². The standard InChI is InChI=1S/C12H17N3O2S2/c1-8-3-5-14-12(10(8)11(13)18)15(2)9-4-6-19(16,17)7-9/h3,5,9H,4,6-7H2,1-2H3,(H2,13,18). The van der Waals surface area contributed by atoms with Crippen molar-refractivity contribution in [3.05, 3.63) is 23.4 Å². The van der Waals surface area contributed by atoms with Crippen LogP contribution in [0.25, 0.3) is 0 Å². The summed E-state index contributed by atoms with van der Waals surface area (Å²) in [6.07, 6.45) is 2.30. The number of aromatic nitrogens is 1. The van der Waals surface area contributed by atoms with Crippen LogP contribution < -0.4 is 10.6 Å². The van der Waals surface area contributed by atoms with Gasteiger partial charge in [0.2, 0.25) is 0 Å². The number of sulfone groups is 1. The number of rotatable bonds is 3. The zero-order valence-electron chi connectivity index (χ0n) is 11.0. The Morgan fingerprint density at radius 2 is 2.26 bits per heavy atom. The van der Waals surface area contributed by atoms with Crippen molar-refractivity contribution in [2.24, 2.45) is 5.73 Å². The molecule has 1 aliphatic heterocycles. The molecular formula is C12H17N3O2S2. The number of pyridine rings is 1. The molecule has 0 aromatic carbocycles. The second-order valence-corrected chi connectivity index (χ2v) is 7.53. The van der Waals surface area contributed by atoms with Crippen LogP contribution >= 0.6 is 12.2 Å². The molecule has 1 unspecified atom stereocenters. The van der Waals surface area contributed by atoms with Crippen molar-refractivity contribution in [3.8, 4) is 0 Å². The molecule has 1 fully saturated rings. The second kappa shape index (κ2) is 5.05. The van der Waals surface area contributed by atoms with Gasteiger partial charge in [-0.3, -0.25) is 0 Å². The molecule has 0 radical (unpaired) electrons. The van der Waals surface area contributed by atoms with Gasteiger partial charge in [0.25, 0.3) is 0 Å².